The molecule has 2 heteroatoms. The molecule has 0 aromatic carbocycles. The molecule has 2 fully saturated rings. The van der Waals surface area contributed by atoms with Gasteiger partial charge < -0.3 is 4.74 Å². The highest BCUT2D eigenvalue weighted by atomic mass is 16.5. The van der Waals surface area contributed by atoms with Gasteiger partial charge >= 0.3 is 0 Å². The molecular weight excluding hydrogens is 150 g/mol. The lowest BCUT2D eigenvalue weighted by Crippen LogP contribution is -2.42. The molecule has 2 aliphatic heterocycles. The zero-order valence-electron chi connectivity index (χ0n) is 8.18. The van der Waals surface area contributed by atoms with E-state index in [4.69, 9.17) is 4.74 Å². The number of rotatable bonds is 2. The monoisotopic (exact) mass is 169 g/mol. The Balaban J connectivity index is 2.09. The van der Waals surface area contributed by atoms with Crippen LogP contribution < -0.4 is 0 Å². The van der Waals surface area contributed by atoms with Crippen LogP contribution in [-0.2, 0) is 4.74 Å². The van der Waals surface area contributed by atoms with Crippen molar-refractivity contribution in [3.05, 3.63) is 0 Å². The van der Waals surface area contributed by atoms with Crippen molar-refractivity contribution >= 4 is 0 Å². The van der Waals surface area contributed by atoms with Crippen LogP contribution in [0, 0.1) is 5.92 Å². The van der Waals surface area contributed by atoms with Crippen LogP contribution in [-0.4, -0.2) is 37.2 Å². The molecule has 0 unspecified atom stereocenters. The topological polar surface area (TPSA) is 12.5 Å². The van der Waals surface area contributed by atoms with Crippen molar-refractivity contribution in [3.63, 3.8) is 0 Å². The summed E-state index contributed by atoms with van der Waals surface area (Å²) in [5.41, 5.74) is 0.439. The highest BCUT2D eigenvalue weighted by Crippen LogP contribution is 2.41. The van der Waals surface area contributed by atoms with E-state index in [1.165, 1.54) is 32.4 Å². The first-order valence-electron chi connectivity index (χ1n) is 5.01. The van der Waals surface area contributed by atoms with E-state index < -0.39 is 0 Å². The molecule has 70 valence electrons. The second-order valence-electron chi connectivity index (χ2n) is 4.52. The molecule has 0 N–H and O–H groups in total. The van der Waals surface area contributed by atoms with Gasteiger partial charge in [-0.25, -0.2) is 0 Å². The number of hydrogen-bond acceptors (Lipinski definition) is 2. The van der Waals surface area contributed by atoms with Gasteiger partial charge in [0.25, 0.3) is 0 Å². The zero-order chi connectivity index (χ0) is 8.60. The van der Waals surface area contributed by atoms with Gasteiger partial charge in [-0.3, -0.25) is 4.90 Å². The van der Waals surface area contributed by atoms with Crippen molar-refractivity contribution in [2.75, 3.05) is 26.8 Å². The molecule has 2 atom stereocenters. The smallest absolute Gasteiger partial charge is 0.0646 e. The van der Waals surface area contributed by atoms with Crippen molar-refractivity contribution < 1.29 is 4.74 Å². The average Bonchev–Trinajstić information content (AvgIpc) is 2.44. The van der Waals surface area contributed by atoms with Gasteiger partial charge in [0.2, 0.25) is 0 Å². The average molecular weight is 169 g/mol. The summed E-state index contributed by atoms with van der Waals surface area (Å²) in [5, 5.41) is 0. The summed E-state index contributed by atoms with van der Waals surface area (Å²) in [6.07, 6.45) is 4.07. The predicted octanol–water partition coefficient (Wildman–Crippen LogP) is 1.51. The number of fused-ring (bicyclic) bond motifs is 1. The summed E-state index contributed by atoms with van der Waals surface area (Å²) in [5.74, 6) is 0.875. The van der Waals surface area contributed by atoms with Crippen LogP contribution in [0.3, 0.4) is 0 Å². The molecule has 0 aromatic rings. The minimum atomic E-state index is 0.439. The number of ether oxygens (including phenoxy) is 1. The van der Waals surface area contributed by atoms with Crippen LogP contribution in [0.2, 0.25) is 0 Å². The first kappa shape index (κ1) is 8.52. The van der Waals surface area contributed by atoms with Crippen molar-refractivity contribution in [1.82, 2.24) is 4.90 Å². The number of methoxy groups -OCH3 is 1. The third kappa shape index (κ3) is 1.17. The summed E-state index contributed by atoms with van der Waals surface area (Å²) >= 11 is 0. The first-order valence-corrected chi connectivity index (χ1v) is 5.01. The van der Waals surface area contributed by atoms with E-state index in [0.717, 1.165) is 12.5 Å². The van der Waals surface area contributed by atoms with E-state index in [-0.39, 0.29) is 0 Å². The van der Waals surface area contributed by atoms with Gasteiger partial charge in [-0.1, -0.05) is 6.92 Å². The largest absolute Gasteiger partial charge is 0.383 e. The normalized spacial score (nSPS) is 42.0. The molecule has 12 heavy (non-hydrogen) atoms. The fourth-order valence-corrected chi connectivity index (χ4v) is 3.09. The molecule has 0 radical (unpaired) electrons. The minimum Gasteiger partial charge on any atom is -0.383 e. The maximum atomic E-state index is 5.34. The van der Waals surface area contributed by atoms with E-state index in [1.807, 2.05) is 7.11 Å². The summed E-state index contributed by atoms with van der Waals surface area (Å²) in [7, 11) is 1.83. The SMILES string of the molecule is COC[C@@]12CCCN1C[C@H](C)C2. The third-order valence-electron chi connectivity index (χ3n) is 3.41. The van der Waals surface area contributed by atoms with E-state index >= 15 is 0 Å². The van der Waals surface area contributed by atoms with Crippen LogP contribution in [0.25, 0.3) is 0 Å². The molecule has 0 spiro atoms. The Morgan fingerprint density at radius 3 is 3.17 bits per heavy atom. The van der Waals surface area contributed by atoms with Crippen molar-refractivity contribution in [1.29, 1.82) is 0 Å². The lowest BCUT2D eigenvalue weighted by Gasteiger charge is -2.30. The Bertz CT molecular complexity index is 171. The highest BCUT2D eigenvalue weighted by molar-refractivity contribution is 5.02. The lowest BCUT2D eigenvalue weighted by atomic mass is 9.92. The van der Waals surface area contributed by atoms with E-state index in [2.05, 4.69) is 11.8 Å². The van der Waals surface area contributed by atoms with Crippen LogP contribution in [0.1, 0.15) is 26.2 Å². The first-order chi connectivity index (χ1) is 5.77. The van der Waals surface area contributed by atoms with Gasteiger partial charge in [0.05, 0.1) is 6.61 Å². The molecule has 2 rings (SSSR count). The Kier molecular flexibility index (Phi) is 2.13. The second kappa shape index (κ2) is 3.00. The Labute approximate surface area is 74.9 Å². The predicted molar refractivity (Wildman–Crippen MR) is 49.2 cm³/mol. The molecule has 0 aromatic heterocycles. The molecule has 2 saturated heterocycles. The van der Waals surface area contributed by atoms with Crippen molar-refractivity contribution in [2.24, 2.45) is 5.92 Å². The highest BCUT2D eigenvalue weighted by Gasteiger charge is 2.46. The van der Waals surface area contributed by atoms with E-state index in [0.29, 0.717) is 5.54 Å². The maximum absolute atomic E-state index is 5.34. The summed E-state index contributed by atoms with van der Waals surface area (Å²) < 4.78 is 5.34. The molecule has 0 bridgehead atoms. The van der Waals surface area contributed by atoms with Gasteiger partial charge in [0.1, 0.15) is 0 Å². The molecule has 2 heterocycles. The van der Waals surface area contributed by atoms with Gasteiger partial charge in [0, 0.05) is 19.2 Å². The molecule has 0 amide bonds. The summed E-state index contributed by atoms with van der Waals surface area (Å²) in [4.78, 5) is 2.64. The minimum absolute atomic E-state index is 0.439. The molecule has 2 nitrogen and oxygen atoms in total. The molecule has 0 saturated carbocycles. The van der Waals surface area contributed by atoms with Crippen molar-refractivity contribution in [2.45, 2.75) is 31.7 Å². The van der Waals surface area contributed by atoms with E-state index in [9.17, 15) is 0 Å². The zero-order valence-corrected chi connectivity index (χ0v) is 8.18. The van der Waals surface area contributed by atoms with Gasteiger partial charge in [0.15, 0.2) is 0 Å². The maximum Gasteiger partial charge on any atom is 0.0646 e. The van der Waals surface area contributed by atoms with E-state index in [1.54, 1.807) is 0 Å². The summed E-state index contributed by atoms with van der Waals surface area (Å²) in [6, 6.07) is 0. The molecular formula is C10H19NO. The van der Waals surface area contributed by atoms with Crippen LogP contribution >= 0.6 is 0 Å². The molecule has 2 aliphatic rings. The second-order valence-corrected chi connectivity index (χ2v) is 4.52. The summed E-state index contributed by atoms with van der Waals surface area (Å²) in [6.45, 7) is 5.89. The van der Waals surface area contributed by atoms with Crippen LogP contribution in [0.15, 0.2) is 0 Å². The Morgan fingerprint density at radius 2 is 2.42 bits per heavy atom. The standard InChI is InChI=1S/C10H19NO/c1-9-6-10(8-12-2)4-3-5-11(10)7-9/h9H,3-8H2,1-2H3/t9-,10+/m1/s1. The number of nitrogens with zero attached hydrogens (tertiary/aromatic N) is 1. The Hall–Kier alpha value is -0.0800. The Morgan fingerprint density at radius 1 is 1.58 bits per heavy atom. The van der Waals surface area contributed by atoms with Gasteiger partial charge in [-0.2, -0.15) is 0 Å². The van der Waals surface area contributed by atoms with Gasteiger partial charge in [-0.05, 0) is 31.7 Å². The fourth-order valence-electron chi connectivity index (χ4n) is 3.09. The van der Waals surface area contributed by atoms with Crippen LogP contribution in [0.4, 0.5) is 0 Å². The molecule has 0 aliphatic carbocycles. The number of hydrogen-bond donors (Lipinski definition) is 0. The third-order valence-corrected chi connectivity index (χ3v) is 3.41. The van der Waals surface area contributed by atoms with Gasteiger partial charge in [-0.15, -0.1) is 0 Å². The fraction of sp³-hybridized carbons (Fsp3) is 1.00. The lowest BCUT2D eigenvalue weighted by molar-refractivity contribution is 0.0653. The van der Waals surface area contributed by atoms with Crippen molar-refractivity contribution in [3.8, 4) is 0 Å². The van der Waals surface area contributed by atoms with Crippen LogP contribution in [0.5, 0.6) is 0 Å². The quantitative estimate of drug-likeness (QED) is 0.621.